The van der Waals surface area contributed by atoms with Crippen LogP contribution in [-0.4, -0.2) is 16.4 Å². The van der Waals surface area contributed by atoms with Crippen LogP contribution in [0.4, 0.5) is 5.00 Å². The van der Waals surface area contributed by atoms with Crippen LogP contribution in [0.2, 0.25) is 0 Å². The molecule has 0 fully saturated rings. The second kappa shape index (κ2) is 4.44. The number of anilines is 1. The Labute approximate surface area is 119 Å². The SMILES string of the molecule is CC(C)(C)C1C=Cc2ncsc2N(C(C)(C)C)C1=O. The number of carbonyl (C=O) groups excluding carboxylic acids is 1. The van der Waals surface area contributed by atoms with Gasteiger partial charge in [-0.25, -0.2) is 4.98 Å². The Morgan fingerprint density at radius 1 is 1.21 bits per heavy atom. The first-order chi connectivity index (χ1) is 8.62. The maximum atomic E-state index is 13.0. The van der Waals surface area contributed by atoms with Gasteiger partial charge in [0.25, 0.3) is 0 Å². The molecule has 0 saturated carbocycles. The van der Waals surface area contributed by atoms with Gasteiger partial charge in [0, 0.05) is 5.54 Å². The van der Waals surface area contributed by atoms with E-state index < -0.39 is 0 Å². The Morgan fingerprint density at radius 3 is 2.37 bits per heavy atom. The van der Waals surface area contributed by atoms with Crippen molar-refractivity contribution in [2.45, 2.75) is 47.1 Å². The van der Waals surface area contributed by atoms with Gasteiger partial charge in [-0.2, -0.15) is 0 Å². The Balaban J connectivity index is 2.57. The number of aromatic nitrogens is 1. The van der Waals surface area contributed by atoms with E-state index in [4.69, 9.17) is 0 Å². The quantitative estimate of drug-likeness (QED) is 0.719. The molecule has 1 aromatic rings. The summed E-state index contributed by atoms with van der Waals surface area (Å²) in [6.07, 6.45) is 4.00. The molecular formula is C15H22N2OS. The van der Waals surface area contributed by atoms with E-state index in [0.29, 0.717) is 0 Å². The first-order valence-electron chi connectivity index (χ1n) is 6.58. The van der Waals surface area contributed by atoms with Gasteiger partial charge in [0.1, 0.15) is 5.00 Å². The van der Waals surface area contributed by atoms with E-state index in [9.17, 15) is 4.79 Å². The van der Waals surface area contributed by atoms with Crippen LogP contribution in [-0.2, 0) is 4.79 Å². The van der Waals surface area contributed by atoms with E-state index in [1.807, 2.05) is 17.1 Å². The predicted molar refractivity (Wildman–Crippen MR) is 81.3 cm³/mol. The number of amides is 1. The lowest BCUT2D eigenvalue weighted by Gasteiger charge is -2.38. The molecule has 0 aromatic carbocycles. The Hall–Kier alpha value is -1.16. The van der Waals surface area contributed by atoms with E-state index in [1.165, 1.54) is 11.3 Å². The minimum atomic E-state index is -0.242. The molecule has 0 N–H and O–H groups in total. The van der Waals surface area contributed by atoms with Crippen LogP contribution in [0.5, 0.6) is 0 Å². The molecule has 0 aliphatic carbocycles. The third-order valence-electron chi connectivity index (χ3n) is 3.32. The number of fused-ring (bicyclic) bond motifs is 1. The molecule has 0 bridgehead atoms. The summed E-state index contributed by atoms with van der Waals surface area (Å²) in [6, 6.07) is 0. The number of nitrogens with zero attached hydrogens (tertiary/aromatic N) is 2. The molecule has 1 unspecified atom stereocenters. The van der Waals surface area contributed by atoms with Gasteiger partial charge in [-0.1, -0.05) is 26.8 Å². The van der Waals surface area contributed by atoms with Crippen molar-refractivity contribution in [2.24, 2.45) is 11.3 Å². The van der Waals surface area contributed by atoms with Gasteiger partial charge in [-0.05, 0) is 32.3 Å². The van der Waals surface area contributed by atoms with Gasteiger partial charge in [0.15, 0.2) is 0 Å². The zero-order chi connectivity index (χ0) is 14.4. The van der Waals surface area contributed by atoms with Gasteiger partial charge in [-0.15, -0.1) is 11.3 Å². The monoisotopic (exact) mass is 278 g/mol. The van der Waals surface area contributed by atoms with Crippen molar-refractivity contribution < 1.29 is 4.79 Å². The molecule has 104 valence electrons. The highest BCUT2D eigenvalue weighted by molar-refractivity contribution is 7.14. The summed E-state index contributed by atoms with van der Waals surface area (Å²) in [5.41, 5.74) is 2.37. The molecule has 1 aromatic heterocycles. The first kappa shape index (κ1) is 14.3. The number of thiazole rings is 1. The van der Waals surface area contributed by atoms with Crippen molar-refractivity contribution in [2.75, 3.05) is 4.90 Å². The maximum absolute atomic E-state index is 13.0. The van der Waals surface area contributed by atoms with E-state index in [1.54, 1.807) is 5.51 Å². The minimum absolute atomic E-state index is 0.0920. The second-order valence-corrected chi connectivity index (χ2v) is 7.92. The fraction of sp³-hybridized carbons (Fsp3) is 0.600. The van der Waals surface area contributed by atoms with Gasteiger partial charge in [0.05, 0.1) is 17.1 Å². The van der Waals surface area contributed by atoms with E-state index in [2.05, 4.69) is 46.5 Å². The second-order valence-electron chi connectivity index (χ2n) is 7.09. The third kappa shape index (κ3) is 2.59. The van der Waals surface area contributed by atoms with Crippen molar-refractivity contribution in [1.29, 1.82) is 0 Å². The standard InChI is InChI=1S/C15H22N2OS/c1-14(2,3)10-7-8-11-13(19-9-16-11)17(12(10)18)15(4,5)6/h7-10H,1-6H3. The van der Waals surface area contributed by atoms with E-state index >= 15 is 0 Å². The van der Waals surface area contributed by atoms with Crippen LogP contribution in [0.15, 0.2) is 11.6 Å². The van der Waals surface area contributed by atoms with Crippen LogP contribution < -0.4 is 4.90 Å². The third-order valence-corrected chi connectivity index (χ3v) is 4.14. The lowest BCUT2D eigenvalue weighted by Crippen LogP contribution is -2.50. The molecule has 1 aliphatic rings. The minimum Gasteiger partial charge on any atom is -0.296 e. The highest BCUT2D eigenvalue weighted by Gasteiger charge is 2.40. The van der Waals surface area contributed by atoms with Crippen LogP contribution in [0.3, 0.4) is 0 Å². The summed E-state index contributed by atoms with van der Waals surface area (Å²) in [4.78, 5) is 19.2. The summed E-state index contributed by atoms with van der Waals surface area (Å²) < 4.78 is 0. The molecule has 2 rings (SSSR count). The Bertz CT molecular complexity index is 517. The summed E-state index contributed by atoms with van der Waals surface area (Å²) in [5.74, 6) is 0.0485. The molecule has 0 radical (unpaired) electrons. The van der Waals surface area contributed by atoms with Gasteiger partial charge in [-0.3, -0.25) is 9.69 Å². The molecule has 2 heterocycles. The molecule has 1 aliphatic heterocycles. The fourth-order valence-electron chi connectivity index (χ4n) is 2.33. The van der Waals surface area contributed by atoms with Crippen molar-refractivity contribution in [3.8, 4) is 0 Å². The zero-order valence-electron chi connectivity index (χ0n) is 12.5. The highest BCUT2D eigenvalue weighted by atomic mass is 32.1. The predicted octanol–water partition coefficient (Wildman–Crippen LogP) is 3.96. The van der Waals surface area contributed by atoms with Crippen molar-refractivity contribution in [1.82, 2.24) is 4.98 Å². The van der Waals surface area contributed by atoms with Gasteiger partial charge in [0.2, 0.25) is 5.91 Å². The van der Waals surface area contributed by atoms with Crippen molar-refractivity contribution in [3.05, 3.63) is 17.3 Å². The highest BCUT2D eigenvalue weighted by Crippen LogP contribution is 2.40. The molecule has 19 heavy (non-hydrogen) atoms. The lowest BCUT2D eigenvalue weighted by molar-refractivity contribution is -0.124. The molecule has 3 nitrogen and oxygen atoms in total. The largest absolute Gasteiger partial charge is 0.296 e. The number of hydrogen-bond donors (Lipinski definition) is 0. The van der Waals surface area contributed by atoms with E-state index in [0.717, 1.165) is 10.7 Å². The summed E-state index contributed by atoms with van der Waals surface area (Å²) >= 11 is 1.53. The average molecular weight is 278 g/mol. The van der Waals surface area contributed by atoms with E-state index in [-0.39, 0.29) is 22.8 Å². The van der Waals surface area contributed by atoms with Crippen LogP contribution >= 0.6 is 11.3 Å². The fourth-order valence-corrected chi connectivity index (χ4v) is 3.31. The normalized spacial score (nSPS) is 20.4. The van der Waals surface area contributed by atoms with Crippen molar-refractivity contribution >= 4 is 28.3 Å². The van der Waals surface area contributed by atoms with Crippen molar-refractivity contribution in [3.63, 3.8) is 0 Å². The number of rotatable bonds is 0. The van der Waals surface area contributed by atoms with Gasteiger partial charge >= 0.3 is 0 Å². The number of carbonyl (C=O) groups is 1. The first-order valence-corrected chi connectivity index (χ1v) is 7.46. The van der Waals surface area contributed by atoms with Crippen LogP contribution in [0, 0.1) is 11.3 Å². The summed E-state index contributed by atoms with van der Waals surface area (Å²) in [7, 11) is 0. The van der Waals surface area contributed by atoms with Crippen LogP contribution in [0.25, 0.3) is 6.08 Å². The lowest BCUT2D eigenvalue weighted by atomic mass is 9.79. The summed E-state index contributed by atoms with van der Waals surface area (Å²) in [6.45, 7) is 12.5. The molecule has 1 amide bonds. The zero-order valence-corrected chi connectivity index (χ0v) is 13.3. The van der Waals surface area contributed by atoms with Gasteiger partial charge < -0.3 is 0 Å². The summed E-state index contributed by atoms with van der Waals surface area (Å²) in [5, 5.41) is 0.959. The molecular weight excluding hydrogens is 256 g/mol. The molecule has 0 saturated heterocycles. The molecule has 4 heteroatoms. The molecule has 0 spiro atoms. The Kier molecular flexibility index (Phi) is 3.33. The number of hydrogen-bond acceptors (Lipinski definition) is 3. The average Bonchev–Trinajstić information content (AvgIpc) is 2.57. The smallest absolute Gasteiger partial charge is 0.235 e. The maximum Gasteiger partial charge on any atom is 0.235 e. The molecule has 1 atom stereocenters. The Morgan fingerprint density at radius 2 is 1.84 bits per heavy atom. The topological polar surface area (TPSA) is 33.2 Å². The van der Waals surface area contributed by atoms with Crippen LogP contribution in [0.1, 0.15) is 47.2 Å².